The van der Waals surface area contributed by atoms with E-state index in [9.17, 15) is 8.42 Å². The first-order valence-corrected chi connectivity index (χ1v) is 9.20. The molecule has 1 heterocycles. The fourth-order valence-corrected chi connectivity index (χ4v) is 2.83. The number of H-pyrrole nitrogens is 1. The van der Waals surface area contributed by atoms with Crippen LogP contribution in [-0.2, 0) is 16.4 Å². The van der Waals surface area contributed by atoms with Gasteiger partial charge in [0.25, 0.3) is 0 Å². The van der Waals surface area contributed by atoms with Gasteiger partial charge in [-0.15, -0.1) is 10.2 Å². The van der Waals surface area contributed by atoms with Gasteiger partial charge in [-0.2, -0.15) is 5.21 Å². The van der Waals surface area contributed by atoms with E-state index < -0.39 is 9.84 Å². The van der Waals surface area contributed by atoms with Crippen molar-refractivity contribution in [3.05, 3.63) is 48.0 Å². The predicted molar refractivity (Wildman–Crippen MR) is 90.0 cm³/mol. The Hall–Kier alpha value is -2.94. The molecular formula is C16H16N4O4S. The third-order valence-corrected chi connectivity index (χ3v) is 4.64. The molecule has 0 saturated heterocycles. The van der Waals surface area contributed by atoms with Crippen LogP contribution in [0.4, 0.5) is 0 Å². The fourth-order valence-electron chi connectivity index (χ4n) is 2.20. The second kappa shape index (κ2) is 6.89. The monoisotopic (exact) mass is 360 g/mol. The Bertz CT molecular complexity index is 954. The van der Waals surface area contributed by atoms with E-state index in [4.69, 9.17) is 9.47 Å². The summed E-state index contributed by atoms with van der Waals surface area (Å²) in [7, 11) is -1.66. The van der Waals surface area contributed by atoms with Gasteiger partial charge in [0.05, 0.1) is 12.0 Å². The average Bonchev–Trinajstić information content (AvgIpc) is 3.14. The Morgan fingerprint density at radius 1 is 1.08 bits per heavy atom. The van der Waals surface area contributed by atoms with E-state index in [1.807, 2.05) is 0 Å². The van der Waals surface area contributed by atoms with Crippen molar-refractivity contribution in [3.8, 4) is 22.9 Å². The third-order valence-electron chi connectivity index (χ3n) is 3.51. The molecule has 3 rings (SSSR count). The minimum Gasteiger partial charge on any atom is -0.493 e. The maximum Gasteiger partial charge on any atom is 0.204 e. The topological polar surface area (TPSA) is 107 Å². The number of methoxy groups -OCH3 is 1. The molecule has 9 heteroatoms. The highest BCUT2D eigenvalue weighted by molar-refractivity contribution is 7.90. The quantitative estimate of drug-likeness (QED) is 0.715. The Morgan fingerprint density at radius 3 is 2.44 bits per heavy atom. The Labute approximate surface area is 144 Å². The molecule has 8 nitrogen and oxygen atoms in total. The lowest BCUT2D eigenvalue weighted by molar-refractivity contribution is 0.284. The van der Waals surface area contributed by atoms with Gasteiger partial charge in [0.2, 0.25) is 5.82 Å². The number of aromatic nitrogens is 4. The van der Waals surface area contributed by atoms with Gasteiger partial charge in [-0.1, -0.05) is 12.1 Å². The summed E-state index contributed by atoms with van der Waals surface area (Å²) in [5.74, 6) is 1.55. The molecule has 3 aromatic rings. The van der Waals surface area contributed by atoms with Crippen molar-refractivity contribution in [1.29, 1.82) is 0 Å². The summed E-state index contributed by atoms with van der Waals surface area (Å²) in [6.07, 6.45) is 1.18. The van der Waals surface area contributed by atoms with E-state index in [1.54, 1.807) is 49.6 Å². The highest BCUT2D eigenvalue weighted by Crippen LogP contribution is 2.31. The smallest absolute Gasteiger partial charge is 0.204 e. The molecule has 0 aliphatic carbocycles. The summed E-state index contributed by atoms with van der Waals surface area (Å²) in [6, 6.07) is 11.9. The molecule has 0 radical (unpaired) electrons. The highest BCUT2D eigenvalue weighted by atomic mass is 32.2. The summed E-state index contributed by atoms with van der Waals surface area (Å²) in [6.45, 7) is 0.280. The van der Waals surface area contributed by atoms with E-state index in [1.165, 1.54) is 6.26 Å². The first kappa shape index (κ1) is 16.9. The molecule has 0 saturated carbocycles. The van der Waals surface area contributed by atoms with E-state index in [0.29, 0.717) is 17.3 Å². The number of sulfone groups is 1. The van der Waals surface area contributed by atoms with E-state index >= 15 is 0 Å². The van der Waals surface area contributed by atoms with Gasteiger partial charge in [0, 0.05) is 11.8 Å². The van der Waals surface area contributed by atoms with Crippen LogP contribution in [0.15, 0.2) is 47.4 Å². The first-order chi connectivity index (χ1) is 12.0. The lowest BCUT2D eigenvalue weighted by Gasteiger charge is -2.11. The zero-order valence-electron chi connectivity index (χ0n) is 13.6. The van der Waals surface area contributed by atoms with Gasteiger partial charge in [0.15, 0.2) is 21.3 Å². The number of rotatable bonds is 6. The number of nitrogens with one attached hydrogen (secondary N) is 1. The Kier molecular flexibility index (Phi) is 4.66. The first-order valence-electron chi connectivity index (χ1n) is 7.31. The van der Waals surface area contributed by atoms with Crippen LogP contribution in [0.3, 0.4) is 0 Å². The predicted octanol–water partition coefficient (Wildman–Crippen LogP) is 1.86. The number of ether oxygens (including phenoxy) is 2. The van der Waals surface area contributed by atoms with Crippen LogP contribution in [0.5, 0.6) is 11.5 Å². The van der Waals surface area contributed by atoms with E-state index in [-0.39, 0.29) is 11.5 Å². The van der Waals surface area contributed by atoms with Crippen LogP contribution >= 0.6 is 0 Å². The number of nitrogens with zero attached hydrogens (tertiary/aromatic N) is 3. The molecule has 1 N–H and O–H groups in total. The molecule has 0 bridgehead atoms. The van der Waals surface area contributed by atoms with Gasteiger partial charge in [-0.3, -0.25) is 0 Å². The van der Waals surface area contributed by atoms with Crippen molar-refractivity contribution < 1.29 is 17.9 Å². The van der Waals surface area contributed by atoms with Crippen molar-refractivity contribution >= 4 is 9.84 Å². The summed E-state index contributed by atoms with van der Waals surface area (Å²) in [4.78, 5) is 0.276. The minimum absolute atomic E-state index is 0.276. The maximum absolute atomic E-state index is 11.5. The molecule has 0 atom stereocenters. The molecule has 0 aliphatic heterocycles. The fraction of sp³-hybridized carbons (Fsp3) is 0.188. The van der Waals surface area contributed by atoms with Crippen molar-refractivity contribution in [2.75, 3.05) is 13.4 Å². The Balaban J connectivity index is 1.74. The van der Waals surface area contributed by atoms with Gasteiger partial charge >= 0.3 is 0 Å². The van der Waals surface area contributed by atoms with E-state index in [2.05, 4.69) is 20.6 Å². The van der Waals surface area contributed by atoms with Crippen molar-refractivity contribution in [2.45, 2.75) is 11.5 Å². The minimum atomic E-state index is -3.20. The largest absolute Gasteiger partial charge is 0.493 e. The van der Waals surface area contributed by atoms with Gasteiger partial charge < -0.3 is 9.47 Å². The molecule has 130 valence electrons. The normalized spacial score (nSPS) is 11.3. The molecule has 0 spiro atoms. The summed E-state index contributed by atoms with van der Waals surface area (Å²) in [5, 5.41) is 13.8. The molecule has 0 aliphatic rings. The zero-order valence-corrected chi connectivity index (χ0v) is 14.4. The van der Waals surface area contributed by atoms with Crippen molar-refractivity contribution in [1.82, 2.24) is 20.6 Å². The molecule has 0 fully saturated rings. The second-order valence-electron chi connectivity index (χ2n) is 5.31. The van der Waals surface area contributed by atoms with Crippen LogP contribution in [0, 0.1) is 0 Å². The van der Waals surface area contributed by atoms with Gasteiger partial charge in [-0.05, 0) is 41.1 Å². The maximum atomic E-state index is 11.5. The lowest BCUT2D eigenvalue weighted by Crippen LogP contribution is -2.00. The molecule has 25 heavy (non-hydrogen) atoms. The van der Waals surface area contributed by atoms with Crippen LogP contribution in [0.25, 0.3) is 11.4 Å². The van der Waals surface area contributed by atoms with Crippen LogP contribution in [-0.4, -0.2) is 42.4 Å². The third kappa shape index (κ3) is 3.94. The molecule has 2 aromatic carbocycles. The van der Waals surface area contributed by atoms with Crippen molar-refractivity contribution in [2.24, 2.45) is 0 Å². The lowest BCUT2D eigenvalue weighted by atomic mass is 10.2. The molecule has 1 aromatic heterocycles. The van der Waals surface area contributed by atoms with E-state index in [0.717, 1.165) is 11.1 Å². The SMILES string of the molecule is COc1cc(-c2nn[nH]n2)ccc1OCc1ccc(S(C)(=O)=O)cc1. The molecule has 0 unspecified atom stereocenters. The van der Waals surface area contributed by atoms with Gasteiger partial charge in [-0.25, -0.2) is 8.42 Å². The number of hydrogen-bond acceptors (Lipinski definition) is 7. The van der Waals surface area contributed by atoms with Gasteiger partial charge in [0.1, 0.15) is 6.61 Å². The second-order valence-corrected chi connectivity index (χ2v) is 7.32. The standard InChI is InChI=1S/C16H16N4O4S/c1-23-15-9-12(16-17-19-20-18-16)5-8-14(15)24-10-11-3-6-13(7-4-11)25(2,21)22/h3-9H,10H2,1-2H3,(H,17,18,19,20). The summed E-state index contributed by atoms with van der Waals surface area (Å²) in [5.41, 5.74) is 1.59. The van der Waals surface area contributed by atoms with Crippen LogP contribution in [0.1, 0.15) is 5.56 Å². The number of hydrogen-bond donors (Lipinski definition) is 1. The number of benzene rings is 2. The highest BCUT2D eigenvalue weighted by Gasteiger charge is 2.11. The number of aromatic amines is 1. The molecular weight excluding hydrogens is 344 g/mol. The molecule has 0 amide bonds. The Morgan fingerprint density at radius 2 is 1.84 bits per heavy atom. The number of tetrazole rings is 1. The summed E-state index contributed by atoms with van der Waals surface area (Å²) >= 11 is 0. The average molecular weight is 360 g/mol. The van der Waals surface area contributed by atoms with Crippen LogP contribution in [0.2, 0.25) is 0 Å². The van der Waals surface area contributed by atoms with Crippen molar-refractivity contribution in [3.63, 3.8) is 0 Å². The zero-order chi connectivity index (χ0) is 17.9. The van der Waals surface area contributed by atoms with Crippen LogP contribution < -0.4 is 9.47 Å². The summed E-state index contributed by atoms with van der Waals surface area (Å²) < 4.78 is 34.1.